The molecule has 1 aromatic rings. The fourth-order valence-electron chi connectivity index (χ4n) is 8.00. The Morgan fingerprint density at radius 1 is 0.871 bits per heavy atom. The van der Waals surface area contributed by atoms with Crippen molar-refractivity contribution in [2.75, 3.05) is 4.90 Å². The zero-order valence-corrected chi connectivity index (χ0v) is 20.6. The molecule has 2 heteroatoms. The first-order chi connectivity index (χ1) is 14.9. The van der Waals surface area contributed by atoms with Gasteiger partial charge in [0, 0.05) is 17.3 Å². The molecule has 5 rings (SSSR count). The number of fused-ring (bicyclic) bond motifs is 1. The maximum absolute atomic E-state index is 3.08. The van der Waals surface area contributed by atoms with E-state index in [-0.39, 0.29) is 11.0 Å². The van der Waals surface area contributed by atoms with Gasteiger partial charge in [0.15, 0.2) is 0 Å². The Balaban J connectivity index is 1.65. The van der Waals surface area contributed by atoms with E-state index < -0.39 is 0 Å². The number of nitrogens with zero attached hydrogens (tertiary/aromatic N) is 2. The van der Waals surface area contributed by atoms with Crippen molar-refractivity contribution in [3.63, 3.8) is 0 Å². The molecular weight excluding hydrogens is 376 g/mol. The monoisotopic (exact) mass is 420 g/mol. The summed E-state index contributed by atoms with van der Waals surface area (Å²) in [6, 6.07) is 10.1. The number of hydrogen-bond acceptors (Lipinski definition) is 2. The van der Waals surface area contributed by atoms with E-state index in [1.807, 2.05) is 0 Å². The molecule has 0 bridgehead atoms. The lowest BCUT2D eigenvalue weighted by Gasteiger charge is -2.54. The minimum absolute atomic E-state index is 0.190. The van der Waals surface area contributed by atoms with E-state index in [4.69, 9.17) is 0 Å². The maximum Gasteiger partial charge on any atom is 0.0886 e. The number of aryl methyl sites for hydroxylation is 1. The molecule has 1 saturated heterocycles. The molecule has 0 radical (unpaired) electrons. The molecule has 2 heterocycles. The molecule has 4 atom stereocenters. The highest BCUT2D eigenvalue weighted by atomic mass is 15.5. The molecule has 2 saturated carbocycles. The van der Waals surface area contributed by atoms with Gasteiger partial charge in [-0.05, 0) is 68.4 Å². The molecule has 0 aromatic heterocycles. The van der Waals surface area contributed by atoms with Crippen LogP contribution in [-0.2, 0) is 0 Å². The molecule has 0 amide bonds. The summed E-state index contributed by atoms with van der Waals surface area (Å²) in [6.07, 6.45) is 18.7. The molecule has 4 aliphatic rings. The first-order valence-corrected chi connectivity index (χ1v) is 13.2. The second kappa shape index (κ2) is 7.94. The van der Waals surface area contributed by atoms with Crippen molar-refractivity contribution in [1.82, 2.24) is 4.90 Å². The summed E-state index contributed by atoms with van der Waals surface area (Å²) in [6.45, 7) is 12.2. The smallest absolute Gasteiger partial charge is 0.0886 e. The molecular formula is C29H44N2. The highest BCUT2D eigenvalue weighted by Crippen LogP contribution is 2.57. The second-order valence-electron chi connectivity index (χ2n) is 12.1. The second-order valence-corrected chi connectivity index (χ2v) is 12.1. The van der Waals surface area contributed by atoms with Gasteiger partial charge in [-0.2, -0.15) is 0 Å². The van der Waals surface area contributed by atoms with Crippen molar-refractivity contribution in [1.29, 1.82) is 0 Å². The molecule has 2 nitrogen and oxygen atoms in total. The number of rotatable bonds is 3. The minimum Gasteiger partial charge on any atom is -0.350 e. The summed E-state index contributed by atoms with van der Waals surface area (Å²) < 4.78 is 0. The van der Waals surface area contributed by atoms with Crippen LogP contribution in [0.25, 0.3) is 0 Å². The van der Waals surface area contributed by atoms with E-state index in [1.54, 1.807) is 0 Å². The van der Waals surface area contributed by atoms with E-state index in [9.17, 15) is 0 Å². The Labute approximate surface area is 191 Å². The van der Waals surface area contributed by atoms with Crippen LogP contribution in [0, 0.1) is 24.2 Å². The van der Waals surface area contributed by atoms with E-state index in [0.717, 1.165) is 11.8 Å². The summed E-state index contributed by atoms with van der Waals surface area (Å²) in [4.78, 5) is 5.89. The van der Waals surface area contributed by atoms with Crippen LogP contribution in [-0.4, -0.2) is 28.7 Å². The summed E-state index contributed by atoms with van der Waals surface area (Å²) in [5.41, 5.74) is 3.32. The Morgan fingerprint density at radius 2 is 1.45 bits per heavy atom. The van der Waals surface area contributed by atoms with Crippen LogP contribution in [0.15, 0.2) is 36.4 Å². The maximum atomic E-state index is 3.08. The third kappa shape index (κ3) is 3.31. The van der Waals surface area contributed by atoms with Gasteiger partial charge in [0.2, 0.25) is 0 Å². The van der Waals surface area contributed by atoms with Crippen LogP contribution < -0.4 is 4.90 Å². The van der Waals surface area contributed by atoms with Crippen LogP contribution in [0.3, 0.4) is 0 Å². The Morgan fingerprint density at radius 3 is 2.03 bits per heavy atom. The number of benzene rings is 1. The molecule has 2 aliphatic carbocycles. The molecule has 3 unspecified atom stereocenters. The summed E-state index contributed by atoms with van der Waals surface area (Å²) in [7, 11) is 0. The molecule has 31 heavy (non-hydrogen) atoms. The lowest BCUT2D eigenvalue weighted by molar-refractivity contribution is -0.0330. The van der Waals surface area contributed by atoms with Crippen molar-refractivity contribution in [2.45, 2.75) is 116 Å². The van der Waals surface area contributed by atoms with Crippen molar-refractivity contribution in [2.24, 2.45) is 17.3 Å². The Hall–Kier alpha value is -1.28. The summed E-state index contributed by atoms with van der Waals surface area (Å²) >= 11 is 0. The molecule has 170 valence electrons. The van der Waals surface area contributed by atoms with Crippen LogP contribution in [0.5, 0.6) is 0 Å². The highest BCUT2D eigenvalue weighted by Gasteiger charge is 2.62. The largest absolute Gasteiger partial charge is 0.350 e. The lowest BCUT2D eigenvalue weighted by atomic mass is 9.66. The third-order valence-corrected chi connectivity index (χ3v) is 9.23. The third-order valence-electron chi connectivity index (χ3n) is 9.23. The Kier molecular flexibility index (Phi) is 5.52. The highest BCUT2D eigenvalue weighted by molar-refractivity contribution is 5.57. The summed E-state index contributed by atoms with van der Waals surface area (Å²) in [5.74, 6) is 1.67. The Bertz CT molecular complexity index is 808. The zero-order chi connectivity index (χ0) is 21.8. The molecule has 0 spiro atoms. The normalized spacial score (nSPS) is 35.3. The van der Waals surface area contributed by atoms with Gasteiger partial charge in [-0.15, -0.1) is 0 Å². The van der Waals surface area contributed by atoms with E-state index in [1.165, 1.54) is 69.0 Å². The van der Waals surface area contributed by atoms with E-state index in [0.29, 0.717) is 18.2 Å². The minimum atomic E-state index is 0.190. The quantitative estimate of drug-likeness (QED) is 0.472. The topological polar surface area (TPSA) is 6.48 Å². The average Bonchev–Trinajstić information content (AvgIpc) is 3.46. The van der Waals surface area contributed by atoms with Crippen molar-refractivity contribution >= 4 is 5.69 Å². The van der Waals surface area contributed by atoms with Gasteiger partial charge in [-0.25, -0.2) is 0 Å². The van der Waals surface area contributed by atoms with Crippen LogP contribution in [0.1, 0.15) is 91.0 Å². The predicted molar refractivity (Wildman–Crippen MR) is 132 cm³/mol. The standard InChI is InChI=1S/C29H44N2/c1-21-13-9-12-18-25(21)30-22(2)26-19-20-29(24-16-10-11-17-24,23-14-7-6-8-15-23)31(26)27(30)28(3,4)5/h9,12-13,18-20,22-24,26-27H,6-8,10-11,14-17H2,1-5H3/t22-,26?,27?,29?/m0/s1. The number of para-hydroxylation sites is 1. The SMILES string of the molecule is Cc1ccccc1N1C(C(C)(C)C)N2C(C=CC2(C2CCCCC2)C2CCCC2)[C@@H]1C. The van der Waals surface area contributed by atoms with Crippen LogP contribution >= 0.6 is 0 Å². The predicted octanol–water partition coefficient (Wildman–Crippen LogP) is 7.33. The van der Waals surface area contributed by atoms with E-state index in [2.05, 4.69) is 80.8 Å². The number of hydrogen-bond donors (Lipinski definition) is 0. The molecule has 2 aliphatic heterocycles. The van der Waals surface area contributed by atoms with Gasteiger partial charge in [-0.3, -0.25) is 4.90 Å². The fraction of sp³-hybridized carbons (Fsp3) is 0.724. The molecule has 1 aromatic carbocycles. The van der Waals surface area contributed by atoms with Gasteiger partial charge in [0.05, 0.1) is 12.2 Å². The first kappa shape index (κ1) is 21.6. The van der Waals surface area contributed by atoms with Crippen LogP contribution in [0.2, 0.25) is 0 Å². The van der Waals surface area contributed by atoms with Crippen molar-refractivity contribution < 1.29 is 0 Å². The lowest BCUT2D eigenvalue weighted by Crippen LogP contribution is -2.63. The molecule has 0 N–H and O–H groups in total. The average molecular weight is 421 g/mol. The van der Waals surface area contributed by atoms with E-state index >= 15 is 0 Å². The van der Waals surface area contributed by atoms with Gasteiger partial charge in [0.1, 0.15) is 0 Å². The van der Waals surface area contributed by atoms with Crippen molar-refractivity contribution in [3.8, 4) is 0 Å². The molecule has 3 fully saturated rings. The van der Waals surface area contributed by atoms with Gasteiger partial charge >= 0.3 is 0 Å². The summed E-state index contributed by atoms with van der Waals surface area (Å²) in [5, 5.41) is 0. The van der Waals surface area contributed by atoms with Gasteiger partial charge in [0.25, 0.3) is 0 Å². The number of anilines is 1. The zero-order valence-electron chi connectivity index (χ0n) is 20.6. The van der Waals surface area contributed by atoms with Gasteiger partial charge in [-0.1, -0.05) is 83.2 Å². The first-order valence-electron chi connectivity index (χ1n) is 13.2. The van der Waals surface area contributed by atoms with Crippen LogP contribution in [0.4, 0.5) is 5.69 Å². The van der Waals surface area contributed by atoms with Gasteiger partial charge < -0.3 is 4.90 Å². The van der Waals surface area contributed by atoms with Crippen molar-refractivity contribution in [3.05, 3.63) is 42.0 Å². The fourth-order valence-corrected chi connectivity index (χ4v) is 8.00.